The molecule has 2 aromatic carbocycles. The third kappa shape index (κ3) is 6.85. The maximum absolute atomic E-state index is 13.8. The SMILES string of the molecule is COc1ccccc1N1CCN(CC(O)COc2c(F)cc(Br)cc2F)CC1.Cl.Cl. The molecule has 10 heteroatoms. The highest BCUT2D eigenvalue weighted by Crippen LogP contribution is 2.28. The second kappa shape index (κ2) is 12.5. The molecule has 0 aromatic heterocycles. The third-order valence-corrected chi connectivity index (χ3v) is 5.11. The van der Waals surface area contributed by atoms with Gasteiger partial charge in [-0.25, -0.2) is 8.78 Å². The number of piperazine rings is 1. The minimum Gasteiger partial charge on any atom is -0.495 e. The zero-order valence-corrected chi connectivity index (χ0v) is 19.6. The largest absolute Gasteiger partial charge is 0.495 e. The molecule has 1 aliphatic rings. The number of aliphatic hydroxyl groups excluding tert-OH is 1. The summed E-state index contributed by atoms with van der Waals surface area (Å²) in [6, 6.07) is 10.1. The van der Waals surface area contributed by atoms with E-state index >= 15 is 0 Å². The van der Waals surface area contributed by atoms with E-state index in [0.29, 0.717) is 11.0 Å². The second-order valence-corrected chi connectivity index (χ2v) is 7.54. The Labute approximate surface area is 195 Å². The fourth-order valence-electron chi connectivity index (χ4n) is 3.26. The van der Waals surface area contributed by atoms with Crippen LogP contribution in [-0.4, -0.2) is 62.6 Å². The van der Waals surface area contributed by atoms with Crippen LogP contribution in [0, 0.1) is 11.6 Å². The lowest BCUT2D eigenvalue weighted by Gasteiger charge is -2.37. The first kappa shape index (κ1) is 26.7. The van der Waals surface area contributed by atoms with Crippen LogP contribution < -0.4 is 14.4 Å². The highest BCUT2D eigenvalue weighted by atomic mass is 79.9. The Bertz CT molecular complexity index is 788. The van der Waals surface area contributed by atoms with Crippen molar-refractivity contribution >= 4 is 46.4 Å². The molecule has 168 valence electrons. The summed E-state index contributed by atoms with van der Waals surface area (Å²) in [5.41, 5.74) is 1.05. The molecule has 1 heterocycles. The van der Waals surface area contributed by atoms with E-state index < -0.39 is 23.5 Å². The van der Waals surface area contributed by atoms with E-state index in [1.54, 1.807) is 7.11 Å². The van der Waals surface area contributed by atoms with Gasteiger partial charge < -0.3 is 19.5 Å². The summed E-state index contributed by atoms with van der Waals surface area (Å²) >= 11 is 3.02. The van der Waals surface area contributed by atoms with Crippen LogP contribution >= 0.6 is 40.7 Å². The number of hydrogen-bond acceptors (Lipinski definition) is 5. The minimum atomic E-state index is -0.847. The first-order valence-electron chi connectivity index (χ1n) is 9.03. The molecule has 0 radical (unpaired) electrons. The quantitative estimate of drug-likeness (QED) is 0.584. The lowest BCUT2D eigenvalue weighted by atomic mass is 10.2. The van der Waals surface area contributed by atoms with Gasteiger partial charge in [-0.1, -0.05) is 28.1 Å². The topological polar surface area (TPSA) is 45.2 Å². The molecule has 0 aliphatic carbocycles. The molecule has 30 heavy (non-hydrogen) atoms. The molecule has 1 atom stereocenters. The molecule has 1 aliphatic heterocycles. The Morgan fingerprint density at radius 1 is 1.07 bits per heavy atom. The highest BCUT2D eigenvalue weighted by molar-refractivity contribution is 9.10. The standard InChI is InChI=1S/C20H23BrF2N2O3.2ClH/c1-27-19-5-3-2-4-18(19)25-8-6-24(7-9-25)12-15(26)13-28-20-16(22)10-14(21)11-17(20)23;;/h2-5,10-11,15,26H,6-9,12-13H2,1H3;2*1H. The highest BCUT2D eigenvalue weighted by Gasteiger charge is 2.22. The number of para-hydroxylation sites is 2. The molecule has 1 fully saturated rings. The van der Waals surface area contributed by atoms with E-state index in [1.165, 1.54) is 0 Å². The number of halogens is 5. The molecule has 0 bridgehead atoms. The van der Waals surface area contributed by atoms with Crippen LogP contribution in [0.5, 0.6) is 11.5 Å². The zero-order chi connectivity index (χ0) is 20.1. The predicted molar refractivity (Wildman–Crippen MR) is 122 cm³/mol. The molecule has 1 N–H and O–H groups in total. The molecule has 5 nitrogen and oxygen atoms in total. The third-order valence-electron chi connectivity index (χ3n) is 4.65. The van der Waals surface area contributed by atoms with Gasteiger partial charge in [0.15, 0.2) is 17.4 Å². The molecule has 1 unspecified atom stereocenters. The molecule has 0 spiro atoms. The van der Waals surface area contributed by atoms with E-state index in [1.807, 2.05) is 24.3 Å². The summed E-state index contributed by atoms with van der Waals surface area (Å²) in [4.78, 5) is 4.35. The summed E-state index contributed by atoms with van der Waals surface area (Å²) in [5, 5.41) is 10.2. The molecule has 2 aromatic rings. The van der Waals surface area contributed by atoms with E-state index in [0.717, 1.165) is 49.7 Å². The molecule has 0 amide bonds. The number of nitrogens with zero attached hydrogens (tertiary/aromatic N) is 2. The maximum atomic E-state index is 13.8. The van der Waals surface area contributed by atoms with Crippen LogP contribution in [0.3, 0.4) is 0 Å². The Balaban J connectivity index is 0.00000225. The Kier molecular flexibility index (Phi) is 11.1. The van der Waals surface area contributed by atoms with Gasteiger partial charge in [0.25, 0.3) is 0 Å². The normalized spacial score (nSPS) is 15.0. The summed E-state index contributed by atoms with van der Waals surface area (Å²) in [6.07, 6.45) is -0.847. The zero-order valence-electron chi connectivity index (χ0n) is 16.4. The average molecular weight is 530 g/mol. The van der Waals surface area contributed by atoms with E-state index in [2.05, 4.69) is 25.7 Å². The van der Waals surface area contributed by atoms with Gasteiger partial charge in [0, 0.05) is 37.2 Å². The second-order valence-electron chi connectivity index (χ2n) is 6.62. The summed E-state index contributed by atoms with van der Waals surface area (Å²) in [6.45, 7) is 3.31. The minimum absolute atomic E-state index is 0. The van der Waals surface area contributed by atoms with Crippen LogP contribution in [0.4, 0.5) is 14.5 Å². The average Bonchev–Trinajstić information content (AvgIpc) is 2.67. The monoisotopic (exact) mass is 528 g/mol. The molecule has 1 saturated heterocycles. The summed E-state index contributed by atoms with van der Waals surface area (Å²) in [5.74, 6) is -1.24. The van der Waals surface area contributed by atoms with Crippen molar-refractivity contribution in [2.24, 2.45) is 0 Å². The maximum Gasteiger partial charge on any atom is 0.190 e. The first-order chi connectivity index (χ1) is 13.5. The van der Waals surface area contributed by atoms with Crippen molar-refractivity contribution in [1.29, 1.82) is 0 Å². The number of hydrogen-bond donors (Lipinski definition) is 1. The Hall–Kier alpha value is -1.32. The van der Waals surface area contributed by atoms with Crippen LogP contribution in [0.15, 0.2) is 40.9 Å². The van der Waals surface area contributed by atoms with Gasteiger partial charge in [-0.05, 0) is 24.3 Å². The van der Waals surface area contributed by atoms with Gasteiger partial charge in [0.1, 0.15) is 18.5 Å². The Morgan fingerprint density at radius 3 is 2.27 bits per heavy atom. The van der Waals surface area contributed by atoms with Gasteiger partial charge in [-0.3, -0.25) is 4.90 Å². The number of methoxy groups -OCH3 is 1. The lowest BCUT2D eigenvalue weighted by Crippen LogP contribution is -2.49. The number of benzene rings is 2. The van der Waals surface area contributed by atoms with Crippen LogP contribution in [0.25, 0.3) is 0 Å². The van der Waals surface area contributed by atoms with Crippen molar-refractivity contribution in [2.75, 3.05) is 51.3 Å². The summed E-state index contributed by atoms with van der Waals surface area (Å²) < 4.78 is 38.4. The van der Waals surface area contributed by atoms with Crippen molar-refractivity contribution in [3.63, 3.8) is 0 Å². The summed E-state index contributed by atoms with van der Waals surface area (Å²) in [7, 11) is 1.66. The lowest BCUT2D eigenvalue weighted by molar-refractivity contribution is 0.0634. The van der Waals surface area contributed by atoms with E-state index in [4.69, 9.17) is 9.47 Å². The predicted octanol–water partition coefficient (Wildman–Crippen LogP) is 4.14. The molecular weight excluding hydrogens is 505 g/mol. The van der Waals surface area contributed by atoms with Crippen molar-refractivity contribution < 1.29 is 23.4 Å². The van der Waals surface area contributed by atoms with Crippen molar-refractivity contribution in [1.82, 2.24) is 4.90 Å². The molecule has 0 saturated carbocycles. The molecular formula is C20H25BrCl2F2N2O3. The van der Waals surface area contributed by atoms with Crippen LogP contribution in [-0.2, 0) is 0 Å². The smallest absolute Gasteiger partial charge is 0.190 e. The van der Waals surface area contributed by atoms with Gasteiger partial charge >= 0.3 is 0 Å². The number of anilines is 1. The first-order valence-corrected chi connectivity index (χ1v) is 9.83. The number of rotatable bonds is 7. The van der Waals surface area contributed by atoms with Crippen molar-refractivity contribution in [3.05, 3.63) is 52.5 Å². The number of ether oxygens (including phenoxy) is 2. The number of aliphatic hydroxyl groups is 1. The van der Waals surface area contributed by atoms with Crippen molar-refractivity contribution in [2.45, 2.75) is 6.10 Å². The van der Waals surface area contributed by atoms with Crippen molar-refractivity contribution in [3.8, 4) is 11.5 Å². The fraction of sp³-hybridized carbons (Fsp3) is 0.400. The van der Waals surface area contributed by atoms with E-state index in [-0.39, 0.29) is 31.4 Å². The molecule has 3 rings (SSSR count). The Morgan fingerprint density at radius 2 is 1.67 bits per heavy atom. The van der Waals surface area contributed by atoms with Gasteiger partial charge in [0.2, 0.25) is 0 Å². The van der Waals surface area contributed by atoms with Gasteiger partial charge in [-0.2, -0.15) is 0 Å². The van der Waals surface area contributed by atoms with E-state index in [9.17, 15) is 13.9 Å². The van der Waals surface area contributed by atoms with Gasteiger partial charge in [-0.15, -0.1) is 24.8 Å². The van der Waals surface area contributed by atoms with Gasteiger partial charge in [0.05, 0.1) is 12.8 Å². The van der Waals surface area contributed by atoms with Crippen LogP contribution in [0.1, 0.15) is 0 Å². The fourth-order valence-corrected chi connectivity index (χ4v) is 3.66. The number of β-amino-alcohol motifs (C(OH)–C–C–N with tert-alkyl or cyclic N) is 1. The van der Waals surface area contributed by atoms with Crippen LogP contribution in [0.2, 0.25) is 0 Å².